The molecule has 5 nitrogen and oxygen atoms in total. The summed E-state index contributed by atoms with van der Waals surface area (Å²) in [5.74, 6) is 0. The van der Waals surface area contributed by atoms with Gasteiger partial charge in [-0.15, -0.1) is 16.4 Å². The Bertz CT molecular complexity index is 637. The third-order valence-electron chi connectivity index (χ3n) is 2.53. The normalized spacial score (nSPS) is 11.2. The standard InChI is InChI=1S/C10H11N5S2/c1-6-5-15-8(7(2)13-10(15)16-6)3-11-9-4-12-14-17-9/h4-5,11H,3H2,1-2H3. The summed E-state index contributed by atoms with van der Waals surface area (Å²) in [5.41, 5.74) is 2.26. The fourth-order valence-corrected chi connectivity index (χ4v) is 3.04. The number of imidazole rings is 1. The molecule has 0 aliphatic heterocycles. The maximum atomic E-state index is 4.55. The molecule has 88 valence electrons. The fourth-order valence-electron chi connectivity index (χ4n) is 1.74. The van der Waals surface area contributed by atoms with Crippen LogP contribution in [0.1, 0.15) is 16.3 Å². The minimum Gasteiger partial charge on any atom is -0.369 e. The molecule has 3 aromatic rings. The first-order chi connectivity index (χ1) is 8.24. The van der Waals surface area contributed by atoms with Crippen LogP contribution >= 0.6 is 22.9 Å². The van der Waals surface area contributed by atoms with Gasteiger partial charge in [0.2, 0.25) is 0 Å². The Hall–Kier alpha value is -1.47. The average molecular weight is 265 g/mol. The SMILES string of the molecule is Cc1cn2c(CNc3cnns3)c(C)nc2s1. The Morgan fingerprint density at radius 2 is 2.29 bits per heavy atom. The third-order valence-corrected chi connectivity index (χ3v) is 4.05. The van der Waals surface area contributed by atoms with Crippen LogP contribution in [0.3, 0.4) is 0 Å². The maximum Gasteiger partial charge on any atom is 0.194 e. The number of anilines is 1. The highest BCUT2D eigenvalue weighted by atomic mass is 32.1. The van der Waals surface area contributed by atoms with E-state index in [1.807, 2.05) is 6.92 Å². The molecular formula is C10H11N5S2. The molecule has 0 saturated carbocycles. The second-order valence-electron chi connectivity index (χ2n) is 3.77. The number of hydrogen-bond acceptors (Lipinski definition) is 6. The van der Waals surface area contributed by atoms with Crippen molar-refractivity contribution >= 4 is 32.8 Å². The van der Waals surface area contributed by atoms with Crippen LogP contribution < -0.4 is 5.32 Å². The summed E-state index contributed by atoms with van der Waals surface area (Å²) < 4.78 is 5.97. The van der Waals surface area contributed by atoms with Crippen LogP contribution in [0, 0.1) is 13.8 Å². The monoisotopic (exact) mass is 265 g/mol. The molecule has 3 heterocycles. The van der Waals surface area contributed by atoms with Gasteiger partial charge < -0.3 is 5.32 Å². The topological polar surface area (TPSA) is 55.1 Å². The molecule has 17 heavy (non-hydrogen) atoms. The number of aromatic nitrogens is 4. The zero-order chi connectivity index (χ0) is 11.8. The molecule has 0 spiro atoms. The van der Waals surface area contributed by atoms with Crippen molar-refractivity contribution in [3.8, 4) is 0 Å². The molecule has 0 amide bonds. The molecule has 0 aliphatic rings. The lowest BCUT2D eigenvalue weighted by molar-refractivity contribution is 0.994. The highest BCUT2D eigenvalue weighted by Crippen LogP contribution is 2.21. The minimum atomic E-state index is 0.743. The number of thiazole rings is 1. The number of nitrogens with zero attached hydrogens (tertiary/aromatic N) is 4. The van der Waals surface area contributed by atoms with Gasteiger partial charge in [0.25, 0.3) is 0 Å². The van der Waals surface area contributed by atoms with Gasteiger partial charge in [-0.3, -0.25) is 4.40 Å². The molecule has 0 saturated heterocycles. The third kappa shape index (κ3) is 1.91. The summed E-state index contributed by atoms with van der Waals surface area (Å²) >= 11 is 3.07. The lowest BCUT2D eigenvalue weighted by atomic mass is 10.3. The van der Waals surface area contributed by atoms with Crippen molar-refractivity contribution < 1.29 is 0 Å². The van der Waals surface area contributed by atoms with Gasteiger partial charge in [-0.2, -0.15) is 0 Å². The van der Waals surface area contributed by atoms with Crippen LogP contribution in [0.5, 0.6) is 0 Å². The molecule has 0 unspecified atom stereocenters. The number of nitrogens with one attached hydrogen (secondary N) is 1. The van der Waals surface area contributed by atoms with Crippen LogP contribution in [-0.2, 0) is 6.54 Å². The Balaban J connectivity index is 1.90. The Kier molecular flexibility index (Phi) is 2.56. The number of hydrogen-bond donors (Lipinski definition) is 1. The molecule has 0 radical (unpaired) electrons. The Morgan fingerprint density at radius 3 is 3.06 bits per heavy atom. The smallest absolute Gasteiger partial charge is 0.194 e. The van der Waals surface area contributed by atoms with Crippen molar-refractivity contribution in [2.24, 2.45) is 0 Å². The van der Waals surface area contributed by atoms with E-state index in [4.69, 9.17) is 0 Å². The van der Waals surface area contributed by atoms with Crippen molar-refractivity contribution in [2.75, 3.05) is 5.32 Å². The molecule has 0 bridgehead atoms. The molecular weight excluding hydrogens is 254 g/mol. The minimum absolute atomic E-state index is 0.743. The number of fused-ring (bicyclic) bond motifs is 1. The van der Waals surface area contributed by atoms with Crippen LogP contribution in [0.2, 0.25) is 0 Å². The van der Waals surface area contributed by atoms with E-state index in [0.717, 1.165) is 22.2 Å². The first-order valence-corrected chi connectivity index (χ1v) is 6.78. The van der Waals surface area contributed by atoms with Crippen molar-refractivity contribution in [1.29, 1.82) is 0 Å². The molecule has 3 rings (SSSR count). The van der Waals surface area contributed by atoms with Gasteiger partial charge in [0, 0.05) is 22.6 Å². The summed E-state index contributed by atoms with van der Waals surface area (Å²) in [6.45, 7) is 4.88. The second kappa shape index (κ2) is 4.08. The molecule has 7 heteroatoms. The second-order valence-corrected chi connectivity index (χ2v) is 5.77. The van der Waals surface area contributed by atoms with Gasteiger partial charge in [-0.05, 0) is 13.8 Å². The quantitative estimate of drug-likeness (QED) is 0.790. The first-order valence-electron chi connectivity index (χ1n) is 5.19. The number of aryl methyl sites for hydroxylation is 2. The molecule has 0 aliphatic carbocycles. The average Bonchev–Trinajstić information content (AvgIpc) is 2.93. The molecule has 0 fully saturated rings. The fraction of sp³-hybridized carbons (Fsp3) is 0.300. The first kappa shape index (κ1) is 10.7. The molecule has 3 aromatic heterocycles. The van der Waals surface area contributed by atoms with E-state index < -0.39 is 0 Å². The summed E-state index contributed by atoms with van der Waals surface area (Å²) in [6, 6.07) is 0. The van der Waals surface area contributed by atoms with Crippen molar-refractivity contribution in [1.82, 2.24) is 19.0 Å². The van der Waals surface area contributed by atoms with Gasteiger partial charge in [-0.25, -0.2) is 4.98 Å². The molecule has 1 N–H and O–H groups in total. The van der Waals surface area contributed by atoms with E-state index in [2.05, 4.69) is 37.4 Å². The van der Waals surface area contributed by atoms with Crippen LogP contribution in [0.15, 0.2) is 12.4 Å². The van der Waals surface area contributed by atoms with Crippen LogP contribution in [-0.4, -0.2) is 19.0 Å². The van der Waals surface area contributed by atoms with Crippen molar-refractivity contribution in [2.45, 2.75) is 20.4 Å². The summed E-state index contributed by atoms with van der Waals surface area (Å²) in [4.78, 5) is 6.87. The summed E-state index contributed by atoms with van der Waals surface area (Å²) in [7, 11) is 0. The highest BCUT2D eigenvalue weighted by molar-refractivity contribution is 7.17. The van der Waals surface area contributed by atoms with Crippen LogP contribution in [0.25, 0.3) is 4.96 Å². The molecule has 0 atom stereocenters. The van der Waals surface area contributed by atoms with E-state index in [9.17, 15) is 0 Å². The van der Waals surface area contributed by atoms with Gasteiger partial charge in [0.1, 0.15) is 5.00 Å². The summed E-state index contributed by atoms with van der Waals surface area (Å²) in [6.07, 6.45) is 3.86. The lowest BCUT2D eigenvalue weighted by Crippen LogP contribution is -2.02. The van der Waals surface area contributed by atoms with E-state index in [0.29, 0.717) is 0 Å². The predicted molar refractivity (Wildman–Crippen MR) is 69.8 cm³/mol. The van der Waals surface area contributed by atoms with E-state index >= 15 is 0 Å². The van der Waals surface area contributed by atoms with Gasteiger partial charge in [-0.1, -0.05) is 4.49 Å². The lowest BCUT2D eigenvalue weighted by Gasteiger charge is -2.02. The van der Waals surface area contributed by atoms with E-state index in [1.54, 1.807) is 17.5 Å². The largest absolute Gasteiger partial charge is 0.369 e. The Labute approximate surface area is 106 Å². The van der Waals surface area contributed by atoms with Gasteiger partial charge in [0.15, 0.2) is 4.96 Å². The number of rotatable bonds is 3. The van der Waals surface area contributed by atoms with Crippen molar-refractivity contribution in [3.05, 3.63) is 28.7 Å². The zero-order valence-corrected chi connectivity index (χ0v) is 11.1. The predicted octanol–water partition coefficient (Wildman–Crippen LogP) is 2.48. The van der Waals surface area contributed by atoms with Gasteiger partial charge >= 0.3 is 0 Å². The highest BCUT2D eigenvalue weighted by Gasteiger charge is 2.10. The maximum absolute atomic E-state index is 4.55. The summed E-state index contributed by atoms with van der Waals surface area (Å²) in [5, 5.41) is 8.08. The van der Waals surface area contributed by atoms with E-state index in [1.165, 1.54) is 22.1 Å². The zero-order valence-electron chi connectivity index (χ0n) is 9.47. The van der Waals surface area contributed by atoms with Crippen molar-refractivity contribution in [3.63, 3.8) is 0 Å². The Morgan fingerprint density at radius 1 is 1.41 bits per heavy atom. The van der Waals surface area contributed by atoms with E-state index in [-0.39, 0.29) is 0 Å². The van der Waals surface area contributed by atoms with Gasteiger partial charge in [0.05, 0.1) is 24.1 Å². The van der Waals surface area contributed by atoms with Crippen LogP contribution in [0.4, 0.5) is 5.00 Å². The molecule has 0 aromatic carbocycles.